The molecular weight excluding hydrogens is 258 g/mol. The molecule has 0 heterocycles. The zero-order chi connectivity index (χ0) is 15.8. The maximum Gasteiger partial charge on any atom is 0.139 e. The molecule has 2 nitrogen and oxygen atoms in total. The number of aromatic hydroxyl groups is 1. The zero-order valence-corrected chi connectivity index (χ0v) is 13.4. The van der Waals surface area contributed by atoms with Crippen LogP contribution < -0.4 is 5.32 Å². The number of anilines is 1. The number of nitrogens with one attached hydrogen (secondary N) is 1. The van der Waals surface area contributed by atoms with Crippen molar-refractivity contribution in [2.75, 3.05) is 5.32 Å². The Balaban J connectivity index is 3.11. The summed E-state index contributed by atoms with van der Waals surface area (Å²) in [6.07, 6.45) is 8.92. The van der Waals surface area contributed by atoms with Crippen LogP contribution in [-0.4, -0.2) is 5.11 Å². The van der Waals surface area contributed by atoms with Crippen LogP contribution in [0.2, 0.25) is 0 Å². The molecule has 0 radical (unpaired) electrons. The quantitative estimate of drug-likeness (QED) is 0.535. The molecule has 0 saturated carbocycles. The normalized spacial score (nSPS) is 13.2. The highest BCUT2D eigenvalue weighted by Crippen LogP contribution is 2.27. The van der Waals surface area contributed by atoms with Gasteiger partial charge in [0.15, 0.2) is 0 Å². The molecule has 0 aromatic heterocycles. The molecule has 112 valence electrons. The van der Waals surface area contributed by atoms with Gasteiger partial charge in [0.1, 0.15) is 5.75 Å². The molecule has 1 aromatic carbocycles. The Morgan fingerprint density at radius 2 is 2.05 bits per heavy atom. The summed E-state index contributed by atoms with van der Waals surface area (Å²) < 4.78 is 0. The minimum Gasteiger partial charge on any atom is -0.506 e. The van der Waals surface area contributed by atoms with Crippen molar-refractivity contribution in [3.05, 3.63) is 71.5 Å². The van der Waals surface area contributed by atoms with Crippen molar-refractivity contribution in [3.8, 4) is 5.75 Å². The number of phenolic OH excluding ortho intramolecular Hbond substituents is 1. The second-order valence-corrected chi connectivity index (χ2v) is 5.08. The summed E-state index contributed by atoms with van der Waals surface area (Å²) in [6, 6.07) is 5.60. The van der Waals surface area contributed by atoms with E-state index in [-0.39, 0.29) is 5.75 Å². The first kappa shape index (κ1) is 16.8. The molecule has 0 amide bonds. The maximum atomic E-state index is 10.0. The summed E-state index contributed by atoms with van der Waals surface area (Å²) in [7, 11) is 0. The van der Waals surface area contributed by atoms with Gasteiger partial charge in [0.05, 0.1) is 5.69 Å². The van der Waals surface area contributed by atoms with E-state index in [0.29, 0.717) is 5.69 Å². The average Bonchev–Trinajstić information content (AvgIpc) is 2.46. The molecule has 0 atom stereocenters. The fourth-order valence-electron chi connectivity index (χ4n) is 1.90. The molecule has 0 aliphatic carbocycles. The highest BCUT2D eigenvalue weighted by Gasteiger charge is 2.06. The van der Waals surface area contributed by atoms with E-state index in [1.807, 2.05) is 25.1 Å². The SMILES string of the molecule is C=C\C=C(Nc1ccc(C)cc1O)/C(C)=C(C)/C=C\CC. The maximum absolute atomic E-state index is 10.0. The monoisotopic (exact) mass is 283 g/mol. The second kappa shape index (κ2) is 8.15. The highest BCUT2D eigenvalue weighted by molar-refractivity contribution is 5.63. The van der Waals surface area contributed by atoms with E-state index < -0.39 is 0 Å². The van der Waals surface area contributed by atoms with Crippen LogP contribution in [0.5, 0.6) is 5.75 Å². The molecule has 1 aromatic rings. The third kappa shape index (κ3) is 4.99. The van der Waals surface area contributed by atoms with Gasteiger partial charge >= 0.3 is 0 Å². The molecule has 0 fully saturated rings. The van der Waals surface area contributed by atoms with Crippen LogP contribution >= 0.6 is 0 Å². The smallest absolute Gasteiger partial charge is 0.139 e. The lowest BCUT2D eigenvalue weighted by molar-refractivity contribution is 0.477. The van der Waals surface area contributed by atoms with Gasteiger partial charge in [0, 0.05) is 5.70 Å². The molecule has 0 aliphatic rings. The van der Waals surface area contributed by atoms with Gasteiger partial charge in [-0.2, -0.15) is 0 Å². The summed E-state index contributed by atoms with van der Waals surface area (Å²) in [5, 5.41) is 13.3. The minimum atomic E-state index is 0.250. The number of aryl methyl sites for hydroxylation is 1. The summed E-state index contributed by atoms with van der Waals surface area (Å²) in [5.74, 6) is 0.250. The van der Waals surface area contributed by atoms with Gasteiger partial charge in [0.2, 0.25) is 0 Å². The van der Waals surface area contributed by atoms with Gasteiger partial charge in [0.25, 0.3) is 0 Å². The Morgan fingerprint density at radius 3 is 2.62 bits per heavy atom. The molecule has 2 N–H and O–H groups in total. The summed E-state index contributed by atoms with van der Waals surface area (Å²) in [4.78, 5) is 0. The van der Waals surface area contributed by atoms with Gasteiger partial charge in [-0.3, -0.25) is 0 Å². The van der Waals surface area contributed by atoms with E-state index in [0.717, 1.165) is 23.3 Å². The lowest BCUT2D eigenvalue weighted by Crippen LogP contribution is -2.02. The number of benzene rings is 1. The Hall–Kier alpha value is -2.22. The fraction of sp³-hybridized carbons (Fsp3) is 0.263. The van der Waals surface area contributed by atoms with Crippen LogP contribution in [-0.2, 0) is 0 Å². The van der Waals surface area contributed by atoms with Gasteiger partial charge < -0.3 is 10.4 Å². The lowest BCUT2D eigenvalue weighted by atomic mass is 10.1. The standard InChI is InChI=1S/C19H25NO/c1-6-8-10-15(4)16(5)17(9-7-2)20-18-12-11-14(3)13-19(18)21/h7-13,20-21H,2,6H2,1,3-5H3/b10-8-,16-15+,17-9+. The molecule has 2 heteroatoms. The average molecular weight is 283 g/mol. The van der Waals surface area contributed by atoms with E-state index >= 15 is 0 Å². The molecule has 0 spiro atoms. The van der Waals surface area contributed by atoms with Gasteiger partial charge in [-0.25, -0.2) is 0 Å². The number of hydrogen-bond acceptors (Lipinski definition) is 2. The minimum absolute atomic E-state index is 0.250. The topological polar surface area (TPSA) is 32.3 Å². The summed E-state index contributed by atoms with van der Waals surface area (Å²) >= 11 is 0. The van der Waals surface area contributed by atoms with Crippen molar-refractivity contribution in [1.29, 1.82) is 0 Å². The van der Waals surface area contributed by atoms with E-state index in [2.05, 4.69) is 44.8 Å². The third-order valence-corrected chi connectivity index (χ3v) is 3.31. The van der Waals surface area contributed by atoms with Crippen LogP contribution in [0.4, 0.5) is 5.69 Å². The van der Waals surface area contributed by atoms with Crippen LogP contribution in [0.15, 0.2) is 65.9 Å². The van der Waals surface area contributed by atoms with E-state index in [1.54, 1.807) is 12.1 Å². The molecule has 0 saturated heterocycles. The Labute approximate surface area is 128 Å². The van der Waals surface area contributed by atoms with Crippen molar-refractivity contribution >= 4 is 5.69 Å². The third-order valence-electron chi connectivity index (χ3n) is 3.31. The molecule has 0 bridgehead atoms. The molecule has 0 unspecified atom stereocenters. The van der Waals surface area contributed by atoms with Crippen molar-refractivity contribution in [1.82, 2.24) is 0 Å². The number of phenols is 1. The molecule has 1 rings (SSSR count). The van der Waals surface area contributed by atoms with Gasteiger partial charge in [-0.1, -0.05) is 37.8 Å². The lowest BCUT2D eigenvalue weighted by Gasteiger charge is -2.14. The first-order valence-corrected chi connectivity index (χ1v) is 7.23. The zero-order valence-electron chi connectivity index (χ0n) is 13.4. The van der Waals surface area contributed by atoms with Gasteiger partial charge in [-0.05, 0) is 62.1 Å². The first-order chi connectivity index (χ1) is 9.99. The highest BCUT2D eigenvalue weighted by atomic mass is 16.3. The van der Waals surface area contributed by atoms with Crippen LogP contribution in [0, 0.1) is 6.92 Å². The number of hydrogen-bond donors (Lipinski definition) is 2. The van der Waals surface area contributed by atoms with E-state index in [4.69, 9.17) is 0 Å². The summed E-state index contributed by atoms with van der Waals surface area (Å²) in [6.45, 7) is 12.0. The Morgan fingerprint density at radius 1 is 1.33 bits per heavy atom. The van der Waals surface area contributed by atoms with E-state index in [9.17, 15) is 5.11 Å². The van der Waals surface area contributed by atoms with Gasteiger partial charge in [-0.15, -0.1) is 0 Å². The van der Waals surface area contributed by atoms with E-state index in [1.165, 1.54) is 5.57 Å². The van der Waals surface area contributed by atoms with Crippen LogP contribution in [0.25, 0.3) is 0 Å². The number of rotatable bonds is 6. The first-order valence-electron chi connectivity index (χ1n) is 7.23. The predicted molar refractivity (Wildman–Crippen MR) is 92.6 cm³/mol. The van der Waals surface area contributed by atoms with Crippen LogP contribution in [0.3, 0.4) is 0 Å². The van der Waals surface area contributed by atoms with Crippen molar-refractivity contribution in [2.24, 2.45) is 0 Å². The Bertz CT molecular complexity index is 592. The van der Waals surface area contributed by atoms with Crippen molar-refractivity contribution < 1.29 is 5.11 Å². The van der Waals surface area contributed by atoms with Crippen molar-refractivity contribution in [2.45, 2.75) is 34.1 Å². The molecule has 21 heavy (non-hydrogen) atoms. The summed E-state index contributed by atoms with van der Waals surface area (Å²) in [5.41, 5.74) is 4.97. The Kier molecular flexibility index (Phi) is 6.54. The molecule has 0 aliphatic heterocycles. The molecular formula is C19H25NO. The second-order valence-electron chi connectivity index (χ2n) is 5.08. The predicted octanol–water partition coefficient (Wildman–Crippen LogP) is 5.49. The number of allylic oxidation sites excluding steroid dienone is 6. The van der Waals surface area contributed by atoms with Crippen LogP contribution in [0.1, 0.15) is 32.8 Å². The fourth-order valence-corrected chi connectivity index (χ4v) is 1.90. The largest absolute Gasteiger partial charge is 0.506 e. The van der Waals surface area contributed by atoms with Crippen molar-refractivity contribution in [3.63, 3.8) is 0 Å².